The van der Waals surface area contributed by atoms with Gasteiger partial charge in [0.25, 0.3) is 0 Å². The first kappa shape index (κ1) is 11.6. The molecule has 3 nitrogen and oxygen atoms in total. The van der Waals surface area contributed by atoms with Crippen LogP contribution >= 0.6 is 0 Å². The number of aliphatic carboxylic acids is 1. The van der Waals surface area contributed by atoms with Crippen LogP contribution in [0.2, 0.25) is 0 Å². The van der Waals surface area contributed by atoms with Crippen LogP contribution in [0.5, 0.6) is 5.75 Å². The Morgan fingerprint density at radius 2 is 1.94 bits per heavy atom. The van der Waals surface area contributed by atoms with Crippen molar-refractivity contribution in [1.82, 2.24) is 0 Å². The zero-order valence-electron chi connectivity index (χ0n) is 10.4. The molecule has 0 amide bonds. The van der Waals surface area contributed by atoms with Crippen LogP contribution in [0.3, 0.4) is 0 Å². The van der Waals surface area contributed by atoms with E-state index in [4.69, 9.17) is 9.84 Å². The molecule has 0 aromatic heterocycles. The summed E-state index contributed by atoms with van der Waals surface area (Å²) >= 11 is 0. The predicted octanol–water partition coefficient (Wildman–Crippen LogP) is 2.81. The molecule has 2 aliphatic carbocycles. The molecule has 96 valence electrons. The van der Waals surface area contributed by atoms with E-state index in [-0.39, 0.29) is 5.92 Å². The molecule has 3 rings (SSSR count). The van der Waals surface area contributed by atoms with Crippen LogP contribution in [0.25, 0.3) is 0 Å². The molecule has 0 radical (unpaired) electrons. The first-order chi connectivity index (χ1) is 8.74. The van der Waals surface area contributed by atoms with Crippen LogP contribution in [0.4, 0.5) is 0 Å². The normalized spacial score (nSPS) is 20.0. The highest BCUT2D eigenvalue weighted by molar-refractivity contribution is 5.73. The second kappa shape index (κ2) is 4.63. The Morgan fingerprint density at radius 1 is 1.22 bits per heavy atom. The van der Waals surface area contributed by atoms with Gasteiger partial charge >= 0.3 is 5.97 Å². The second-order valence-electron chi connectivity index (χ2n) is 5.35. The largest absolute Gasteiger partial charge is 0.478 e. The molecular formula is C15H18O3. The van der Waals surface area contributed by atoms with Crippen molar-refractivity contribution < 1.29 is 14.6 Å². The maximum Gasteiger partial charge on any atom is 0.345 e. The third-order valence-corrected chi connectivity index (χ3v) is 3.88. The number of benzene rings is 1. The van der Waals surface area contributed by atoms with Crippen molar-refractivity contribution in [2.75, 3.05) is 0 Å². The third kappa shape index (κ3) is 2.35. The van der Waals surface area contributed by atoms with Crippen LogP contribution in [-0.4, -0.2) is 17.2 Å². The Morgan fingerprint density at radius 3 is 2.61 bits per heavy atom. The van der Waals surface area contributed by atoms with Gasteiger partial charge in [-0.25, -0.2) is 4.79 Å². The molecule has 0 heterocycles. The van der Waals surface area contributed by atoms with Crippen LogP contribution in [0.1, 0.15) is 36.8 Å². The molecule has 0 aliphatic heterocycles. The van der Waals surface area contributed by atoms with E-state index >= 15 is 0 Å². The summed E-state index contributed by atoms with van der Waals surface area (Å²) in [5.74, 6) is 0.0868. The number of hydrogen-bond donors (Lipinski definition) is 1. The molecule has 18 heavy (non-hydrogen) atoms. The van der Waals surface area contributed by atoms with Crippen molar-refractivity contribution >= 4 is 5.97 Å². The summed E-state index contributed by atoms with van der Waals surface area (Å²) in [4.78, 5) is 11.1. The van der Waals surface area contributed by atoms with E-state index in [1.807, 2.05) is 12.1 Å². The number of aryl methyl sites for hydroxylation is 2. The minimum atomic E-state index is -0.838. The zero-order valence-corrected chi connectivity index (χ0v) is 10.4. The highest BCUT2D eigenvalue weighted by Crippen LogP contribution is 2.35. The van der Waals surface area contributed by atoms with Gasteiger partial charge in [0.1, 0.15) is 5.75 Å². The standard InChI is InChI=1S/C15H18O3/c16-15(17)14(11-5-6-11)18-13-8-7-10-3-1-2-4-12(10)9-13/h7-9,11,14H,1-6H2,(H,16,17). The summed E-state index contributed by atoms with van der Waals surface area (Å²) in [7, 11) is 0. The lowest BCUT2D eigenvalue weighted by molar-refractivity contribution is -0.146. The van der Waals surface area contributed by atoms with E-state index in [1.54, 1.807) is 0 Å². The predicted molar refractivity (Wildman–Crippen MR) is 67.9 cm³/mol. The second-order valence-corrected chi connectivity index (χ2v) is 5.35. The summed E-state index contributed by atoms with van der Waals surface area (Å²) in [6, 6.07) is 6.05. The van der Waals surface area contributed by atoms with Gasteiger partial charge in [-0.1, -0.05) is 6.07 Å². The van der Waals surface area contributed by atoms with Crippen molar-refractivity contribution in [1.29, 1.82) is 0 Å². The lowest BCUT2D eigenvalue weighted by Gasteiger charge is -2.19. The first-order valence-electron chi connectivity index (χ1n) is 6.75. The van der Waals surface area contributed by atoms with Gasteiger partial charge in [0.15, 0.2) is 6.10 Å². The smallest absolute Gasteiger partial charge is 0.345 e. The van der Waals surface area contributed by atoms with Crippen LogP contribution < -0.4 is 4.74 Å². The average Bonchev–Trinajstić information content (AvgIpc) is 3.19. The molecule has 1 aromatic carbocycles. The minimum Gasteiger partial charge on any atom is -0.478 e. The van der Waals surface area contributed by atoms with E-state index in [9.17, 15) is 4.79 Å². The topological polar surface area (TPSA) is 46.5 Å². The van der Waals surface area contributed by atoms with Crippen LogP contribution in [0, 0.1) is 5.92 Å². The Balaban J connectivity index is 1.77. The highest BCUT2D eigenvalue weighted by Gasteiger charge is 2.38. The fourth-order valence-corrected chi connectivity index (χ4v) is 2.68. The van der Waals surface area contributed by atoms with Gasteiger partial charge in [-0.05, 0) is 61.8 Å². The lowest BCUT2D eigenvalue weighted by Crippen LogP contribution is -2.29. The maximum absolute atomic E-state index is 11.1. The monoisotopic (exact) mass is 246 g/mol. The fraction of sp³-hybridized carbons (Fsp3) is 0.533. The van der Waals surface area contributed by atoms with E-state index in [0.717, 1.165) is 31.4 Å². The van der Waals surface area contributed by atoms with Crippen LogP contribution in [-0.2, 0) is 17.6 Å². The highest BCUT2D eigenvalue weighted by atomic mass is 16.5. The maximum atomic E-state index is 11.1. The molecule has 3 heteroatoms. The molecule has 2 aliphatic rings. The number of carboxylic acids is 1. The molecule has 0 bridgehead atoms. The van der Waals surface area contributed by atoms with Gasteiger partial charge in [-0.3, -0.25) is 0 Å². The van der Waals surface area contributed by atoms with E-state index in [0.29, 0.717) is 0 Å². The Kier molecular flexibility index (Phi) is 2.98. The molecule has 1 N–H and O–H groups in total. The molecule has 1 fully saturated rings. The van der Waals surface area contributed by atoms with Crippen molar-refractivity contribution in [3.8, 4) is 5.75 Å². The van der Waals surface area contributed by atoms with Crippen molar-refractivity contribution in [3.63, 3.8) is 0 Å². The summed E-state index contributed by atoms with van der Waals surface area (Å²) in [6.07, 6.45) is 6.00. The van der Waals surface area contributed by atoms with Gasteiger partial charge in [0.05, 0.1) is 0 Å². The number of ether oxygens (including phenoxy) is 1. The SMILES string of the molecule is O=C(O)C(Oc1ccc2c(c1)CCCC2)C1CC1. The number of carbonyl (C=O) groups is 1. The summed E-state index contributed by atoms with van der Waals surface area (Å²) in [5.41, 5.74) is 2.73. The molecule has 1 atom stereocenters. The number of carboxylic acid groups (broad SMARTS) is 1. The van der Waals surface area contributed by atoms with Gasteiger partial charge in [-0.2, -0.15) is 0 Å². The van der Waals surface area contributed by atoms with Crippen LogP contribution in [0.15, 0.2) is 18.2 Å². The van der Waals surface area contributed by atoms with Gasteiger partial charge < -0.3 is 9.84 Å². The molecule has 0 saturated heterocycles. The fourth-order valence-electron chi connectivity index (χ4n) is 2.68. The number of fused-ring (bicyclic) bond motifs is 1. The quantitative estimate of drug-likeness (QED) is 0.888. The summed E-state index contributed by atoms with van der Waals surface area (Å²) < 4.78 is 5.67. The zero-order chi connectivity index (χ0) is 12.5. The molecular weight excluding hydrogens is 228 g/mol. The molecule has 0 spiro atoms. The lowest BCUT2D eigenvalue weighted by atomic mass is 9.92. The summed E-state index contributed by atoms with van der Waals surface area (Å²) in [5, 5.41) is 9.16. The molecule has 1 saturated carbocycles. The minimum absolute atomic E-state index is 0.207. The van der Waals surface area contributed by atoms with Crippen molar-refractivity contribution in [2.45, 2.75) is 44.6 Å². The Labute approximate surface area is 107 Å². The average molecular weight is 246 g/mol. The van der Waals surface area contributed by atoms with Gasteiger partial charge in [-0.15, -0.1) is 0 Å². The van der Waals surface area contributed by atoms with Crippen molar-refractivity contribution in [3.05, 3.63) is 29.3 Å². The molecule has 1 aromatic rings. The third-order valence-electron chi connectivity index (χ3n) is 3.88. The Hall–Kier alpha value is -1.51. The number of hydrogen-bond acceptors (Lipinski definition) is 2. The Bertz CT molecular complexity index is 463. The van der Waals surface area contributed by atoms with E-state index in [1.165, 1.54) is 24.0 Å². The van der Waals surface area contributed by atoms with Crippen molar-refractivity contribution in [2.24, 2.45) is 5.92 Å². The van der Waals surface area contributed by atoms with Gasteiger partial charge in [0.2, 0.25) is 0 Å². The summed E-state index contributed by atoms with van der Waals surface area (Å²) in [6.45, 7) is 0. The van der Waals surface area contributed by atoms with Gasteiger partial charge in [0, 0.05) is 5.92 Å². The van der Waals surface area contributed by atoms with E-state index < -0.39 is 12.1 Å². The first-order valence-corrected chi connectivity index (χ1v) is 6.75. The number of rotatable bonds is 4. The molecule has 1 unspecified atom stereocenters. The van der Waals surface area contributed by atoms with E-state index in [2.05, 4.69) is 6.07 Å².